The van der Waals surface area contributed by atoms with Gasteiger partial charge in [-0.25, -0.2) is 0 Å². The maximum Gasteiger partial charge on any atom is 0.166 e. The van der Waals surface area contributed by atoms with E-state index < -0.39 is 0 Å². The molecule has 0 amide bonds. The summed E-state index contributed by atoms with van der Waals surface area (Å²) in [4.78, 5) is 16.8. The Hall–Kier alpha value is -1.48. The maximum atomic E-state index is 12.4. The minimum absolute atomic E-state index is 0.0797. The summed E-state index contributed by atoms with van der Waals surface area (Å²) in [5, 5.41) is 0. The van der Waals surface area contributed by atoms with Crippen LogP contribution >= 0.6 is 11.8 Å². The monoisotopic (exact) mass is 285 g/mol. The first kappa shape index (κ1) is 13.5. The quantitative estimate of drug-likeness (QED) is 0.844. The summed E-state index contributed by atoms with van der Waals surface area (Å²) in [6.45, 7) is 4.32. The molecular weight excluding hydrogens is 266 g/mol. The Labute approximate surface area is 124 Å². The summed E-state index contributed by atoms with van der Waals surface area (Å²) in [7, 11) is 0. The van der Waals surface area contributed by atoms with Crippen LogP contribution < -0.4 is 0 Å². The molecule has 0 aliphatic heterocycles. The van der Waals surface area contributed by atoms with E-state index in [1.165, 1.54) is 5.56 Å². The van der Waals surface area contributed by atoms with Crippen LogP contribution in [0.2, 0.25) is 0 Å². The fourth-order valence-corrected chi connectivity index (χ4v) is 3.84. The number of fused-ring (bicyclic) bond motifs is 1. The summed E-state index contributed by atoms with van der Waals surface area (Å²) < 4.78 is 0. The number of carbonyl (C=O) groups excluding carboxylic acids is 1. The molecule has 0 radical (unpaired) electrons. The number of thioether (sulfide) groups is 1. The molecule has 3 rings (SSSR count). The SMILES string of the molecule is CC1(C)CC(=O)c2c(SCc3ccccc3)c[nH]c2C1. The van der Waals surface area contributed by atoms with Gasteiger partial charge < -0.3 is 4.98 Å². The minimum atomic E-state index is 0.0797. The van der Waals surface area contributed by atoms with E-state index in [-0.39, 0.29) is 11.2 Å². The Bertz CT molecular complexity index is 628. The lowest BCUT2D eigenvalue weighted by atomic mass is 9.76. The number of H-pyrrole nitrogens is 1. The van der Waals surface area contributed by atoms with Gasteiger partial charge in [0.05, 0.1) is 5.56 Å². The maximum absolute atomic E-state index is 12.4. The number of aromatic nitrogens is 1. The number of rotatable bonds is 3. The van der Waals surface area contributed by atoms with E-state index in [9.17, 15) is 4.79 Å². The molecule has 2 aromatic rings. The Kier molecular flexibility index (Phi) is 3.47. The predicted octanol–water partition coefficient (Wildman–Crippen LogP) is 4.46. The van der Waals surface area contributed by atoms with Crippen molar-refractivity contribution in [2.75, 3.05) is 0 Å². The molecule has 2 nitrogen and oxygen atoms in total. The lowest BCUT2D eigenvalue weighted by Gasteiger charge is -2.28. The average molecular weight is 285 g/mol. The highest BCUT2D eigenvalue weighted by Gasteiger charge is 2.33. The Morgan fingerprint density at radius 2 is 1.95 bits per heavy atom. The van der Waals surface area contributed by atoms with Crippen molar-refractivity contribution in [2.45, 2.75) is 37.3 Å². The van der Waals surface area contributed by atoms with Gasteiger partial charge in [-0.05, 0) is 17.4 Å². The van der Waals surface area contributed by atoms with Gasteiger partial charge in [0.2, 0.25) is 0 Å². The highest BCUT2D eigenvalue weighted by molar-refractivity contribution is 7.98. The van der Waals surface area contributed by atoms with E-state index in [4.69, 9.17) is 0 Å². The second kappa shape index (κ2) is 5.13. The van der Waals surface area contributed by atoms with Crippen molar-refractivity contribution in [3.05, 3.63) is 53.3 Å². The van der Waals surface area contributed by atoms with Gasteiger partial charge in [-0.1, -0.05) is 44.2 Å². The molecule has 1 aliphatic carbocycles. The molecule has 20 heavy (non-hydrogen) atoms. The lowest BCUT2D eigenvalue weighted by molar-refractivity contribution is 0.0908. The molecule has 1 N–H and O–H groups in total. The lowest BCUT2D eigenvalue weighted by Crippen LogP contribution is -2.26. The zero-order valence-corrected chi connectivity index (χ0v) is 12.7. The first-order valence-electron chi connectivity index (χ1n) is 6.95. The minimum Gasteiger partial charge on any atom is -0.363 e. The summed E-state index contributed by atoms with van der Waals surface area (Å²) in [5.41, 5.74) is 3.42. The Morgan fingerprint density at radius 3 is 2.70 bits per heavy atom. The van der Waals surface area contributed by atoms with Crippen molar-refractivity contribution >= 4 is 17.5 Å². The van der Waals surface area contributed by atoms with Crippen molar-refractivity contribution in [1.29, 1.82) is 0 Å². The molecule has 0 saturated carbocycles. The van der Waals surface area contributed by atoms with Gasteiger partial charge in [-0.15, -0.1) is 11.8 Å². The van der Waals surface area contributed by atoms with Crippen LogP contribution in [-0.4, -0.2) is 10.8 Å². The highest BCUT2D eigenvalue weighted by Crippen LogP contribution is 2.39. The highest BCUT2D eigenvalue weighted by atomic mass is 32.2. The van der Waals surface area contributed by atoms with Crippen LogP contribution in [-0.2, 0) is 12.2 Å². The van der Waals surface area contributed by atoms with Crippen molar-refractivity contribution in [3.63, 3.8) is 0 Å². The van der Waals surface area contributed by atoms with Gasteiger partial charge in [-0.3, -0.25) is 4.79 Å². The normalized spacial score (nSPS) is 17.0. The number of ketones is 1. The molecule has 104 valence electrons. The van der Waals surface area contributed by atoms with Gasteiger partial charge in [0, 0.05) is 29.0 Å². The van der Waals surface area contributed by atoms with Crippen molar-refractivity contribution in [2.24, 2.45) is 5.41 Å². The summed E-state index contributed by atoms with van der Waals surface area (Å²) in [5.74, 6) is 1.19. The van der Waals surface area contributed by atoms with Gasteiger partial charge in [0.1, 0.15) is 0 Å². The summed E-state index contributed by atoms with van der Waals surface area (Å²) >= 11 is 1.75. The molecule has 0 atom stereocenters. The van der Waals surface area contributed by atoms with E-state index >= 15 is 0 Å². The van der Waals surface area contributed by atoms with Crippen LogP contribution in [0.5, 0.6) is 0 Å². The smallest absolute Gasteiger partial charge is 0.166 e. The predicted molar refractivity (Wildman–Crippen MR) is 83.2 cm³/mol. The molecule has 1 aromatic heterocycles. The molecule has 1 aromatic carbocycles. The fraction of sp³-hybridized carbons (Fsp3) is 0.353. The molecule has 0 bridgehead atoms. The number of carbonyl (C=O) groups is 1. The van der Waals surface area contributed by atoms with Gasteiger partial charge in [0.25, 0.3) is 0 Å². The van der Waals surface area contributed by atoms with Crippen LogP contribution in [0.1, 0.15) is 41.9 Å². The van der Waals surface area contributed by atoms with Crippen LogP contribution in [0.3, 0.4) is 0 Å². The van der Waals surface area contributed by atoms with Crippen LogP contribution in [0.4, 0.5) is 0 Å². The summed E-state index contributed by atoms with van der Waals surface area (Å²) in [6.07, 6.45) is 3.61. The average Bonchev–Trinajstić information content (AvgIpc) is 2.79. The van der Waals surface area contributed by atoms with Crippen molar-refractivity contribution < 1.29 is 4.79 Å². The zero-order valence-electron chi connectivity index (χ0n) is 11.9. The van der Waals surface area contributed by atoms with Crippen molar-refractivity contribution in [3.8, 4) is 0 Å². The summed E-state index contributed by atoms with van der Waals surface area (Å²) in [6, 6.07) is 10.4. The van der Waals surface area contributed by atoms with Crippen LogP contribution in [0, 0.1) is 5.41 Å². The molecule has 1 heterocycles. The zero-order chi connectivity index (χ0) is 14.2. The third-order valence-corrected chi connectivity index (χ3v) is 4.85. The Balaban J connectivity index is 1.80. The largest absolute Gasteiger partial charge is 0.363 e. The molecule has 0 unspecified atom stereocenters. The number of Topliss-reactive ketones (excluding diaryl/α,β-unsaturated/α-hetero) is 1. The standard InChI is InChI=1S/C17H19NOS/c1-17(2)8-13-16(14(19)9-17)15(10-18-13)20-11-12-6-4-3-5-7-12/h3-7,10,18H,8-9,11H2,1-2H3. The van der Waals surface area contributed by atoms with E-state index in [2.05, 4.69) is 43.1 Å². The first-order chi connectivity index (χ1) is 9.55. The van der Waals surface area contributed by atoms with E-state index in [1.807, 2.05) is 12.3 Å². The third kappa shape index (κ3) is 2.68. The topological polar surface area (TPSA) is 32.9 Å². The number of aromatic amines is 1. The third-order valence-electron chi connectivity index (χ3n) is 3.74. The van der Waals surface area contributed by atoms with E-state index in [0.29, 0.717) is 6.42 Å². The van der Waals surface area contributed by atoms with Gasteiger partial charge in [-0.2, -0.15) is 0 Å². The number of nitrogens with one attached hydrogen (secondary N) is 1. The molecule has 0 saturated heterocycles. The second-order valence-corrected chi connectivity index (χ2v) is 7.24. The number of hydrogen-bond donors (Lipinski definition) is 1. The molecule has 0 spiro atoms. The number of hydrogen-bond acceptors (Lipinski definition) is 2. The van der Waals surface area contributed by atoms with Crippen molar-refractivity contribution in [1.82, 2.24) is 4.98 Å². The van der Waals surface area contributed by atoms with Crippen LogP contribution in [0.15, 0.2) is 41.4 Å². The van der Waals surface area contributed by atoms with E-state index in [0.717, 1.165) is 28.3 Å². The molecule has 0 fully saturated rings. The Morgan fingerprint density at radius 1 is 1.20 bits per heavy atom. The first-order valence-corrected chi connectivity index (χ1v) is 7.94. The molecule has 3 heteroatoms. The van der Waals surface area contributed by atoms with Gasteiger partial charge in [0.15, 0.2) is 5.78 Å². The van der Waals surface area contributed by atoms with Gasteiger partial charge >= 0.3 is 0 Å². The second-order valence-electron chi connectivity index (χ2n) is 6.22. The molecule has 1 aliphatic rings. The van der Waals surface area contributed by atoms with Crippen LogP contribution in [0.25, 0.3) is 0 Å². The fourth-order valence-electron chi connectivity index (χ4n) is 2.80. The number of benzene rings is 1. The molecular formula is C17H19NOS. The van der Waals surface area contributed by atoms with E-state index in [1.54, 1.807) is 11.8 Å².